The first-order valence-electron chi connectivity index (χ1n) is 4.39. The van der Waals surface area contributed by atoms with E-state index >= 15 is 0 Å². The maximum Gasteiger partial charge on any atom is 1.00 e. The third-order valence-electron chi connectivity index (χ3n) is 2.31. The Labute approximate surface area is 92.3 Å². The normalized spacial score (nSPS) is 9.46. The summed E-state index contributed by atoms with van der Waals surface area (Å²) in [5, 5.41) is 10.3. The van der Waals surface area contributed by atoms with Crippen LogP contribution in [0.4, 0.5) is 0 Å². The Morgan fingerprint density at radius 2 is 1.92 bits per heavy atom. The molecule has 0 aliphatic heterocycles. The second kappa shape index (κ2) is 6.26. The molecule has 1 rings (SSSR count). The largest absolute Gasteiger partial charge is 1.00 e. The van der Waals surface area contributed by atoms with Gasteiger partial charge in [-0.05, 0) is 37.0 Å². The zero-order chi connectivity index (χ0) is 8.97. The van der Waals surface area contributed by atoms with E-state index in [1.807, 2.05) is 0 Å². The fraction of sp³-hybridized carbons (Fsp3) is 0.455. The molecule has 0 fully saturated rings. The number of benzene rings is 1. The molecule has 0 atom stereocenters. The van der Waals surface area contributed by atoms with Crippen molar-refractivity contribution in [2.24, 2.45) is 0 Å². The molecule has 0 saturated carbocycles. The average Bonchev–Trinajstić information content (AvgIpc) is 2.08. The summed E-state index contributed by atoms with van der Waals surface area (Å²) in [5.41, 5.74) is 3.98. The van der Waals surface area contributed by atoms with Crippen LogP contribution in [0.25, 0.3) is 0 Å². The maximum absolute atomic E-state index is 10.3. The Balaban J connectivity index is 0.00000144. The Morgan fingerprint density at radius 1 is 1.23 bits per heavy atom. The van der Waals surface area contributed by atoms with Gasteiger partial charge in [-0.2, -0.15) is 0 Å². The van der Waals surface area contributed by atoms with Crippen molar-refractivity contribution in [2.75, 3.05) is 6.61 Å². The van der Waals surface area contributed by atoms with Crippen LogP contribution >= 0.6 is 0 Å². The fourth-order valence-electron chi connectivity index (χ4n) is 1.35. The van der Waals surface area contributed by atoms with Crippen molar-refractivity contribution < 1.29 is 24.0 Å². The molecule has 13 heavy (non-hydrogen) atoms. The van der Waals surface area contributed by atoms with Crippen molar-refractivity contribution in [3.8, 4) is 0 Å². The van der Waals surface area contributed by atoms with Gasteiger partial charge in [-0.15, -0.1) is 6.61 Å². The summed E-state index contributed by atoms with van der Waals surface area (Å²) in [7, 11) is 0. The van der Waals surface area contributed by atoms with Crippen molar-refractivity contribution >= 4 is 0 Å². The van der Waals surface area contributed by atoms with Crippen LogP contribution in [-0.2, 0) is 6.42 Å². The second-order valence-corrected chi connectivity index (χ2v) is 3.17. The van der Waals surface area contributed by atoms with Crippen molar-refractivity contribution in [1.29, 1.82) is 0 Å². The summed E-state index contributed by atoms with van der Waals surface area (Å²) in [6, 6.07) is 6.27. The molecule has 1 aromatic rings. The van der Waals surface area contributed by atoms with E-state index < -0.39 is 0 Å². The van der Waals surface area contributed by atoms with E-state index in [-0.39, 0.29) is 25.5 Å². The van der Waals surface area contributed by atoms with Crippen LogP contribution in [0.5, 0.6) is 0 Å². The van der Waals surface area contributed by atoms with Gasteiger partial charge in [0.1, 0.15) is 0 Å². The summed E-state index contributed by atoms with van der Waals surface area (Å²) >= 11 is 0. The molecule has 0 unspecified atom stereocenters. The second-order valence-electron chi connectivity index (χ2n) is 3.17. The van der Waals surface area contributed by atoms with E-state index in [1.165, 1.54) is 16.7 Å². The summed E-state index contributed by atoms with van der Waals surface area (Å²) < 4.78 is 0. The van der Waals surface area contributed by atoms with Gasteiger partial charge in [0.2, 0.25) is 0 Å². The molecule has 1 nitrogen and oxygen atoms in total. The van der Waals surface area contributed by atoms with Crippen molar-refractivity contribution in [1.82, 2.24) is 0 Å². The molecule has 0 spiro atoms. The molecule has 0 radical (unpaired) electrons. The number of aryl methyl sites for hydroxylation is 2. The molecule has 2 heteroatoms. The first-order chi connectivity index (χ1) is 5.75. The minimum absolute atomic E-state index is 0. The van der Waals surface area contributed by atoms with E-state index in [9.17, 15) is 5.11 Å². The van der Waals surface area contributed by atoms with Crippen LogP contribution in [-0.4, -0.2) is 6.61 Å². The zero-order valence-electron chi connectivity index (χ0n) is 8.76. The standard InChI is InChI=1S/C11H15O.Li/c1-9-5-3-6-11(10(9)2)7-4-8-12;/h3,5-6H,4,7-8H2,1-2H3;/q-1;+1. The minimum Gasteiger partial charge on any atom is -0.854 e. The number of hydrogen-bond acceptors (Lipinski definition) is 1. The first kappa shape index (κ1) is 12.8. The quantitative estimate of drug-likeness (QED) is 0.512. The molecular weight excluding hydrogens is 155 g/mol. The third-order valence-corrected chi connectivity index (χ3v) is 2.31. The van der Waals surface area contributed by atoms with Crippen LogP contribution in [0, 0.1) is 13.8 Å². The van der Waals surface area contributed by atoms with Gasteiger partial charge in [0, 0.05) is 0 Å². The van der Waals surface area contributed by atoms with Gasteiger partial charge in [-0.25, -0.2) is 0 Å². The van der Waals surface area contributed by atoms with Crippen molar-refractivity contribution in [3.05, 3.63) is 34.9 Å². The first-order valence-corrected chi connectivity index (χ1v) is 4.39. The average molecular weight is 170 g/mol. The van der Waals surface area contributed by atoms with E-state index in [2.05, 4.69) is 32.0 Å². The van der Waals surface area contributed by atoms with E-state index in [0.29, 0.717) is 0 Å². The van der Waals surface area contributed by atoms with Gasteiger partial charge in [0.25, 0.3) is 0 Å². The molecule has 0 aliphatic rings. The van der Waals surface area contributed by atoms with Crippen LogP contribution in [0.2, 0.25) is 0 Å². The molecule has 0 N–H and O–H groups in total. The molecule has 66 valence electrons. The van der Waals surface area contributed by atoms with Gasteiger partial charge in [-0.3, -0.25) is 0 Å². The molecule has 0 saturated heterocycles. The summed E-state index contributed by atoms with van der Waals surface area (Å²) in [5.74, 6) is 0. The minimum atomic E-state index is 0. The van der Waals surface area contributed by atoms with Gasteiger partial charge >= 0.3 is 18.9 Å². The molecule has 0 aromatic heterocycles. The van der Waals surface area contributed by atoms with E-state index in [1.54, 1.807) is 0 Å². The molecular formula is C11H15LiO. The van der Waals surface area contributed by atoms with Gasteiger partial charge in [0.05, 0.1) is 0 Å². The topological polar surface area (TPSA) is 23.1 Å². The van der Waals surface area contributed by atoms with E-state index in [0.717, 1.165) is 12.8 Å². The number of hydrogen-bond donors (Lipinski definition) is 0. The van der Waals surface area contributed by atoms with Gasteiger partial charge in [-0.1, -0.05) is 24.6 Å². The Morgan fingerprint density at radius 3 is 2.54 bits per heavy atom. The van der Waals surface area contributed by atoms with Crippen molar-refractivity contribution in [3.63, 3.8) is 0 Å². The maximum atomic E-state index is 10.3. The molecule has 1 aromatic carbocycles. The predicted molar refractivity (Wildman–Crippen MR) is 49.1 cm³/mol. The smallest absolute Gasteiger partial charge is 0.854 e. The fourth-order valence-corrected chi connectivity index (χ4v) is 1.35. The number of rotatable bonds is 3. The predicted octanol–water partition coefficient (Wildman–Crippen LogP) is -1.40. The Hall–Kier alpha value is -0.223. The Bertz CT molecular complexity index is 258. The third kappa shape index (κ3) is 3.56. The van der Waals surface area contributed by atoms with Crippen LogP contribution in [0.1, 0.15) is 23.1 Å². The zero-order valence-corrected chi connectivity index (χ0v) is 8.76. The van der Waals surface area contributed by atoms with E-state index in [4.69, 9.17) is 0 Å². The monoisotopic (exact) mass is 170 g/mol. The molecule has 0 bridgehead atoms. The van der Waals surface area contributed by atoms with Crippen LogP contribution in [0.15, 0.2) is 18.2 Å². The molecule has 0 heterocycles. The van der Waals surface area contributed by atoms with Gasteiger partial charge < -0.3 is 5.11 Å². The van der Waals surface area contributed by atoms with Crippen LogP contribution < -0.4 is 24.0 Å². The Kier molecular flexibility index (Phi) is 6.16. The summed E-state index contributed by atoms with van der Waals surface area (Å²) in [6.45, 7) is 4.26. The molecule has 0 aliphatic carbocycles. The SMILES string of the molecule is Cc1cccc(CCC[O-])c1C.[Li+]. The summed E-state index contributed by atoms with van der Waals surface area (Å²) in [6.07, 6.45) is 1.68. The van der Waals surface area contributed by atoms with Crippen LogP contribution in [0.3, 0.4) is 0 Å². The van der Waals surface area contributed by atoms with Gasteiger partial charge in [0.15, 0.2) is 0 Å². The summed E-state index contributed by atoms with van der Waals surface area (Å²) in [4.78, 5) is 0. The molecule has 0 amide bonds. The van der Waals surface area contributed by atoms with Crippen molar-refractivity contribution in [2.45, 2.75) is 26.7 Å².